The molecule has 1 N–H and O–H groups in total. The lowest BCUT2D eigenvalue weighted by Crippen LogP contribution is -2.01. The summed E-state index contributed by atoms with van der Waals surface area (Å²) in [4.78, 5) is 22.0. The summed E-state index contributed by atoms with van der Waals surface area (Å²) >= 11 is 0. The van der Waals surface area contributed by atoms with Crippen LogP contribution in [0.15, 0.2) is 67.0 Å². The van der Waals surface area contributed by atoms with E-state index in [9.17, 15) is 14.3 Å². The van der Waals surface area contributed by atoms with Crippen LogP contribution >= 0.6 is 0 Å². The van der Waals surface area contributed by atoms with E-state index in [1.165, 1.54) is 23.0 Å². The third-order valence-corrected chi connectivity index (χ3v) is 4.55. The van der Waals surface area contributed by atoms with E-state index >= 15 is 0 Å². The van der Waals surface area contributed by atoms with Crippen molar-refractivity contribution in [3.63, 3.8) is 0 Å². The van der Waals surface area contributed by atoms with E-state index in [1.807, 2.05) is 6.07 Å². The van der Waals surface area contributed by atoms with Gasteiger partial charge >= 0.3 is 5.97 Å². The largest absolute Gasteiger partial charge is 0.478 e. The molecule has 0 amide bonds. The fourth-order valence-electron chi connectivity index (χ4n) is 3.25. The first-order chi connectivity index (χ1) is 14.1. The topological polar surface area (TPSA) is 93.8 Å². The molecule has 2 aromatic carbocycles. The SMILES string of the molecule is O=C(O)c1cc(-c2cccnc2)nc2ccc3nn(-c4cccc(F)c4)nc3c12. The van der Waals surface area contributed by atoms with Gasteiger partial charge in [-0.25, -0.2) is 14.2 Å². The van der Waals surface area contributed by atoms with E-state index in [-0.39, 0.29) is 5.56 Å². The minimum absolute atomic E-state index is 0.0609. The molecule has 0 saturated heterocycles. The number of nitrogens with zero attached hydrogens (tertiary/aromatic N) is 5. The molecular formula is C21H12FN5O2. The van der Waals surface area contributed by atoms with Gasteiger partial charge in [-0.15, -0.1) is 10.2 Å². The van der Waals surface area contributed by atoms with Crippen LogP contribution in [0.4, 0.5) is 4.39 Å². The highest BCUT2D eigenvalue weighted by Gasteiger charge is 2.18. The predicted octanol–water partition coefficient (Wildman–Crippen LogP) is 3.87. The van der Waals surface area contributed by atoms with Crippen LogP contribution in [0, 0.1) is 5.82 Å². The van der Waals surface area contributed by atoms with Crippen molar-refractivity contribution in [2.24, 2.45) is 0 Å². The van der Waals surface area contributed by atoms with Gasteiger partial charge in [0.05, 0.1) is 22.5 Å². The van der Waals surface area contributed by atoms with Gasteiger partial charge in [0.15, 0.2) is 0 Å². The molecule has 8 heteroatoms. The van der Waals surface area contributed by atoms with E-state index in [0.29, 0.717) is 38.9 Å². The quantitative estimate of drug-likeness (QED) is 0.507. The first-order valence-electron chi connectivity index (χ1n) is 8.70. The molecule has 0 unspecified atom stereocenters. The number of fused-ring (bicyclic) bond motifs is 3. The summed E-state index contributed by atoms with van der Waals surface area (Å²) in [7, 11) is 0. The first-order valence-corrected chi connectivity index (χ1v) is 8.70. The van der Waals surface area contributed by atoms with Crippen molar-refractivity contribution in [1.29, 1.82) is 0 Å². The molecule has 0 spiro atoms. The summed E-state index contributed by atoms with van der Waals surface area (Å²) in [5, 5.41) is 19.0. The molecule has 0 aliphatic heterocycles. The summed E-state index contributed by atoms with van der Waals surface area (Å²) in [6, 6.07) is 14.3. The van der Waals surface area contributed by atoms with E-state index in [2.05, 4.69) is 20.2 Å². The van der Waals surface area contributed by atoms with Crippen LogP contribution in [0.3, 0.4) is 0 Å². The maximum atomic E-state index is 13.6. The lowest BCUT2D eigenvalue weighted by Gasteiger charge is -2.07. The minimum atomic E-state index is -1.10. The Kier molecular flexibility index (Phi) is 3.77. The number of carboxylic acids is 1. The van der Waals surface area contributed by atoms with Gasteiger partial charge < -0.3 is 5.11 Å². The average molecular weight is 385 g/mol. The Hall–Kier alpha value is -4.20. The highest BCUT2D eigenvalue weighted by Crippen LogP contribution is 2.29. The summed E-state index contributed by atoms with van der Waals surface area (Å²) < 4.78 is 13.6. The van der Waals surface area contributed by atoms with Gasteiger partial charge in [-0.1, -0.05) is 6.07 Å². The second-order valence-electron chi connectivity index (χ2n) is 6.40. The maximum absolute atomic E-state index is 13.6. The molecule has 140 valence electrons. The molecule has 3 heterocycles. The third-order valence-electron chi connectivity index (χ3n) is 4.55. The van der Waals surface area contributed by atoms with Gasteiger partial charge in [0.25, 0.3) is 0 Å². The molecule has 29 heavy (non-hydrogen) atoms. The summed E-state index contributed by atoms with van der Waals surface area (Å²) in [6.07, 6.45) is 3.26. The molecule has 3 aromatic heterocycles. The molecule has 0 aliphatic rings. The van der Waals surface area contributed by atoms with Crippen molar-refractivity contribution in [3.8, 4) is 16.9 Å². The fraction of sp³-hybridized carbons (Fsp3) is 0. The molecule has 0 bridgehead atoms. The van der Waals surface area contributed by atoms with Crippen molar-refractivity contribution >= 4 is 27.9 Å². The zero-order valence-electron chi connectivity index (χ0n) is 14.8. The average Bonchev–Trinajstić information content (AvgIpc) is 3.18. The zero-order valence-corrected chi connectivity index (χ0v) is 14.8. The number of carboxylic acid groups (broad SMARTS) is 1. The van der Waals surface area contributed by atoms with Gasteiger partial charge in [-0.2, -0.15) is 4.80 Å². The van der Waals surface area contributed by atoms with E-state index < -0.39 is 11.8 Å². The Morgan fingerprint density at radius 3 is 2.62 bits per heavy atom. The number of carbonyl (C=O) groups is 1. The van der Waals surface area contributed by atoms with Crippen LogP contribution in [0.25, 0.3) is 38.9 Å². The monoisotopic (exact) mass is 385 g/mol. The first kappa shape index (κ1) is 16.9. The third kappa shape index (κ3) is 2.87. The van der Waals surface area contributed by atoms with Crippen molar-refractivity contribution < 1.29 is 14.3 Å². The van der Waals surface area contributed by atoms with Crippen molar-refractivity contribution in [2.75, 3.05) is 0 Å². The van der Waals surface area contributed by atoms with Gasteiger partial charge in [0.1, 0.15) is 16.9 Å². The normalized spacial score (nSPS) is 11.2. The number of benzene rings is 2. The Morgan fingerprint density at radius 2 is 1.86 bits per heavy atom. The van der Waals surface area contributed by atoms with Gasteiger partial charge in [0.2, 0.25) is 0 Å². The predicted molar refractivity (Wildman–Crippen MR) is 104 cm³/mol. The van der Waals surface area contributed by atoms with Crippen LogP contribution in [0.1, 0.15) is 10.4 Å². The Bertz CT molecular complexity index is 1400. The number of pyridine rings is 2. The maximum Gasteiger partial charge on any atom is 0.336 e. The number of hydrogen-bond acceptors (Lipinski definition) is 5. The number of aromatic carboxylic acids is 1. The molecule has 5 aromatic rings. The molecule has 0 aliphatic carbocycles. The molecular weight excluding hydrogens is 373 g/mol. The Balaban J connectivity index is 1.79. The number of hydrogen-bond donors (Lipinski definition) is 1. The smallest absolute Gasteiger partial charge is 0.336 e. The molecule has 7 nitrogen and oxygen atoms in total. The molecule has 0 fully saturated rings. The second kappa shape index (κ2) is 6.45. The zero-order chi connectivity index (χ0) is 20.0. The lowest BCUT2D eigenvalue weighted by molar-refractivity contribution is 0.0699. The number of aromatic nitrogens is 5. The standard InChI is InChI=1S/C21H12FN5O2/c22-13-4-1-5-14(9-13)27-25-17-7-6-16-19(20(17)26-27)15(21(28)29)10-18(24-16)12-3-2-8-23-11-12/h1-11H,(H,28,29). The van der Waals surface area contributed by atoms with Crippen LogP contribution in [-0.2, 0) is 0 Å². The van der Waals surface area contributed by atoms with Crippen LogP contribution in [0.5, 0.6) is 0 Å². The van der Waals surface area contributed by atoms with Gasteiger partial charge in [-0.05, 0) is 42.5 Å². The Labute approximate surface area is 163 Å². The van der Waals surface area contributed by atoms with Crippen LogP contribution < -0.4 is 0 Å². The summed E-state index contributed by atoms with van der Waals surface area (Å²) in [5.74, 6) is -1.52. The van der Waals surface area contributed by atoms with Crippen LogP contribution in [-0.4, -0.2) is 36.0 Å². The second-order valence-corrected chi connectivity index (χ2v) is 6.40. The van der Waals surface area contributed by atoms with Crippen molar-refractivity contribution in [1.82, 2.24) is 25.0 Å². The van der Waals surface area contributed by atoms with Crippen molar-refractivity contribution in [3.05, 3.63) is 78.4 Å². The fourth-order valence-corrected chi connectivity index (χ4v) is 3.25. The Morgan fingerprint density at radius 1 is 1.00 bits per heavy atom. The molecule has 0 atom stereocenters. The number of halogens is 1. The molecule has 0 radical (unpaired) electrons. The van der Waals surface area contributed by atoms with Crippen molar-refractivity contribution in [2.45, 2.75) is 0 Å². The van der Waals surface area contributed by atoms with E-state index in [0.717, 1.165) is 0 Å². The molecule has 0 saturated carbocycles. The summed E-state index contributed by atoms with van der Waals surface area (Å²) in [6.45, 7) is 0. The number of rotatable bonds is 3. The van der Waals surface area contributed by atoms with E-state index in [1.54, 1.807) is 42.7 Å². The highest BCUT2D eigenvalue weighted by atomic mass is 19.1. The van der Waals surface area contributed by atoms with Crippen LogP contribution in [0.2, 0.25) is 0 Å². The lowest BCUT2D eigenvalue weighted by atomic mass is 10.0. The molecule has 5 rings (SSSR count). The summed E-state index contributed by atoms with van der Waals surface area (Å²) in [5.41, 5.74) is 3.05. The van der Waals surface area contributed by atoms with Gasteiger partial charge in [-0.3, -0.25) is 4.98 Å². The highest BCUT2D eigenvalue weighted by molar-refractivity contribution is 6.13. The van der Waals surface area contributed by atoms with Gasteiger partial charge in [0, 0.05) is 29.4 Å². The van der Waals surface area contributed by atoms with E-state index in [4.69, 9.17) is 0 Å². The minimum Gasteiger partial charge on any atom is -0.478 e.